The average molecular weight is 575 g/mol. The fourth-order valence-corrected chi connectivity index (χ4v) is 6.52. The van der Waals surface area contributed by atoms with E-state index < -0.39 is 0 Å². The first-order valence-corrected chi connectivity index (χ1v) is 16.0. The van der Waals surface area contributed by atoms with Crippen molar-refractivity contribution in [3.8, 4) is 11.3 Å². The molecule has 0 amide bonds. The molecular formula is C37H46N6. The summed E-state index contributed by atoms with van der Waals surface area (Å²) in [6.07, 6.45) is 2.25. The van der Waals surface area contributed by atoms with Gasteiger partial charge in [0.15, 0.2) is 0 Å². The van der Waals surface area contributed by atoms with Gasteiger partial charge in [0, 0.05) is 83.6 Å². The van der Waals surface area contributed by atoms with E-state index in [9.17, 15) is 0 Å². The number of benzene rings is 3. The Morgan fingerprint density at radius 3 is 1.65 bits per heavy atom. The second-order valence-electron chi connectivity index (χ2n) is 12.1. The highest BCUT2D eigenvalue weighted by Crippen LogP contribution is 2.27. The van der Waals surface area contributed by atoms with Gasteiger partial charge in [0.25, 0.3) is 0 Å². The molecule has 3 aromatic carbocycles. The Balaban J connectivity index is 1.08. The lowest BCUT2D eigenvalue weighted by atomic mass is 10.00. The molecule has 1 aromatic heterocycles. The third-order valence-corrected chi connectivity index (χ3v) is 9.22. The van der Waals surface area contributed by atoms with E-state index in [1.807, 2.05) is 18.2 Å². The summed E-state index contributed by atoms with van der Waals surface area (Å²) >= 11 is 0. The van der Waals surface area contributed by atoms with Crippen LogP contribution in [0.1, 0.15) is 22.7 Å². The van der Waals surface area contributed by atoms with Crippen molar-refractivity contribution in [2.75, 3.05) is 77.7 Å². The van der Waals surface area contributed by atoms with Crippen molar-refractivity contribution >= 4 is 5.82 Å². The summed E-state index contributed by atoms with van der Waals surface area (Å²) in [4.78, 5) is 15.2. The van der Waals surface area contributed by atoms with E-state index >= 15 is 0 Å². The number of rotatable bonds is 11. The summed E-state index contributed by atoms with van der Waals surface area (Å²) in [6, 6.07) is 37.1. The Morgan fingerprint density at radius 1 is 0.558 bits per heavy atom. The molecule has 3 heterocycles. The van der Waals surface area contributed by atoms with Crippen LogP contribution in [0.2, 0.25) is 0 Å². The van der Waals surface area contributed by atoms with Gasteiger partial charge in [0.2, 0.25) is 0 Å². The second kappa shape index (κ2) is 14.8. The van der Waals surface area contributed by atoms with Crippen molar-refractivity contribution in [2.24, 2.45) is 0 Å². The summed E-state index contributed by atoms with van der Waals surface area (Å²) in [5.74, 6) is 0.562. The maximum absolute atomic E-state index is 5.97. The van der Waals surface area contributed by atoms with E-state index in [4.69, 9.17) is 5.73 Å². The zero-order valence-corrected chi connectivity index (χ0v) is 25.4. The fourth-order valence-electron chi connectivity index (χ4n) is 6.52. The predicted molar refractivity (Wildman–Crippen MR) is 178 cm³/mol. The third-order valence-electron chi connectivity index (χ3n) is 9.22. The smallest absolute Gasteiger partial charge is 0.124 e. The van der Waals surface area contributed by atoms with Crippen LogP contribution in [0.4, 0.5) is 5.82 Å². The van der Waals surface area contributed by atoms with E-state index in [-0.39, 0.29) is 0 Å². The van der Waals surface area contributed by atoms with E-state index in [1.165, 1.54) is 16.7 Å². The lowest BCUT2D eigenvalue weighted by Gasteiger charge is -2.43. The predicted octanol–water partition coefficient (Wildman–Crippen LogP) is 5.09. The highest BCUT2D eigenvalue weighted by molar-refractivity contribution is 5.61. The van der Waals surface area contributed by atoms with Gasteiger partial charge in [-0.1, -0.05) is 91.0 Å². The highest BCUT2D eigenvalue weighted by atomic mass is 15.3. The van der Waals surface area contributed by atoms with Crippen molar-refractivity contribution in [1.82, 2.24) is 24.6 Å². The SMILES string of the molecule is Nc1cccc(-c2ccc(C(CN3CCN(CCc4ccccc4)CC3)N3CCN(CCc4ccccc4)CC3)cc2)n1. The number of hydrogen-bond donors (Lipinski definition) is 1. The zero-order valence-electron chi connectivity index (χ0n) is 25.4. The summed E-state index contributed by atoms with van der Waals surface area (Å²) in [5, 5.41) is 0. The molecule has 1 unspecified atom stereocenters. The minimum absolute atomic E-state index is 0.384. The Kier molecular flexibility index (Phi) is 10.1. The zero-order chi connectivity index (χ0) is 29.3. The number of pyridine rings is 1. The molecule has 0 bridgehead atoms. The summed E-state index contributed by atoms with van der Waals surface area (Å²) in [5.41, 5.74) is 12.3. The molecule has 6 rings (SSSR count). The van der Waals surface area contributed by atoms with Gasteiger partial charge in [-0.25, -0.2) is 4.98 Å². The molecule has 0 aliphatic carbocycles. The number of aromatic nitrogens is 1. The van der Waals surface area contributed by atoms with Gasteiger partial charge in [-0.3, -0.25) is 9.80 Å². The largest absolute Gasteiger partial charge is 0.384 e. The lowest BCUT2D eigenvalue weighted by molar-refractivity contribution is 0.0578. The van der Waals surface area contributed by atoms with Gasteiger partial charge in [0.1, 0.15) is 5.82 Å². The van der Waals surface area contributed by atoms with Gasteiger partial charge in [0.05, 0.1) is 5.69 Å². The fraction of sp³-hybridized carbons (Fsp3) is 0.378. The molecule has 224 valence electrons. The maximum Gasteiger partial charge on any atom is 0.124 e. The van der Waals surface area contributed by atoms with Gasteiger partial charge >= 0.3 is 0 Å². The molecule has 2 aliphatic heterocycles. The Bertz CT molecular complexity index is 1380. The van der Waals surface area contributed by atoms with E-state index in [0.29, 0.717) is 11.9 Å². The molecule has 0 spiro atoms. The molecule has 0 radical (unpaired) electrons. The number of piperazine rings is 2. The van der Waals surface area contributed by atoms with Crippen LogP contribution in [-0.4, -0.2) is 96.6 Å². The average Bonchev–Trinajstić information content (AvgIpc) is 3.07. The molecule has 2 aliphatic rings. The quantitative estimate of drug-likeness (QED) is 0.269. The van der Waals surface area contributed by atoms with E-state index in [1.54, 1.807) is 0 Å². The molecule has 6 nitrogen and oxygen atoms in total. The number of hydrogen-bond acceptors (Lipinski definition) is 6. The first-order valence-electron chi connectivity index (χ1n) is 16.0. The van der Waals surface area contributed by atoms with Crippen molar-refractivity contribution in [1.29, 1.82) is 0 Å². The van der Waals surface area contributed by atoms with Crippen LogP contribution in [0, 0.1) is 0 Å². The molecule has 1 atom stereocenters. The van der Waals surface area contributed by atoms with Crippen LogP contribution in [0.25, 0.3) is 11.3 Å². The minimum atomic E-state index is 0.384. The topological polar surface area (TPSA) is 51.9 Å². The van der Waals surface area contributed by atoms with Crippen LogP contribution in [0.15, 0.2) is 103 Å². The molecule has 2 N–H and O–H groups in total. The third kappa shape index (κ3) is 8.30. The van der Waals surface area contributed by atoms with Crippen molar-refractivity contribution in [3.63, 3.8) is 0 Å². The number of nitrogen functional groups attached to an aromatic ring is 1. The Morgan fingerprint density at radius 2 is 1.09 bits per heavy atom. The van der Waals surface area contributed by atoms with E-state index in [2.05, 4.69) is 110 Å². The number of anilines is 1. The first kappa shape index (κ1) is 29.5. The van der Waals surface area contributed by atoms with E-state index in [0.717, 1.165) is 96.1 Å². The number of nitrogens with zero attached hydrogens (tertiary/aromatic N) is 5. The Labute approximate surface area is 257 Å². The molecule has 4 aromatic rings. The van der Waals surface area contributed by atoms with Crippen LogP contribution in [0.5, 0.6) is 0 Å². The summed E-state index contributed by atoms with van der Waals surface area (Å²) in [7, 11) is 0. The summed E-state index contributed by atoms with van der Waals surface area (Å²) < 4.78 is 0. The second-order valence-corrected chi connectivity index (χ2v) is 12.1. The monoisotopic (exact) mass is 574 g/mol. The van der Waals surface area contributed by atoms with Crippen LogP contribution in [-0.2, 0) is 12.8 Å². The van der Waals surface area contributed by atoms with Crippen molar-refractivity contribution in [2.45, 2.75) is 18.9 Å². The van der Waals surface area contributed by atoms with Crippen LogP contribution in [0.3, 0.4) is 0 Å². The van der Waals surface area contributed by atoms with Gasteiger partial charge < -0.3 is 15.5 Å². The van der Waals surface area contributed by atoms with Gasteiger partial charge in [-0.15, -0.1) is 0 Å². The van der Waals surface area contributed by atoms with Crippen LogP contribution >= 0.6 is 0 Å². The molecular weight excluding hydrogens is 528 g/mol. The molecule has 43 heavy (non-hydrogen) atoms. The van der Waals surface area contributed by atoms with Gasteiger partial charge in [-0.05, 0) is 41.7 Å². The molecule has 0 saturated carbocycles. The molecule has 2 saturated heterocycles. The molecule has 6 heteroatoms. The molecule has 2 fully saturated rings. The summed E-state index contributed by atoms with van der Waals surface area (Å²) in [6.45, 7) is 12.4. The minimum Gasteiger partial charge on any atom is -0.384 e. The standard InChI is InChI=1S/C37H46N6/c38-37-13-7-12-35(39-37)33-14-16-34(17-15-33)36(43-28-26-41(27-29-43)21-19-32-10-5-2-6-11-32)30-42-24-22-40(23-25-42)20-18-31-8-3-1-4-9-31/h1-17,36H,18-30H2,(H2,38,39). The van der Waals surface area contributed by atoms with Crippen molar-refractivity contribution < 1.29 is 0 Å². The van der Waals surface area contributed by atoms with Crippen LogP contribution < -0.4 is 5.73 Å². The normalized spacial score (nSPS) is 18.0. The lowest BCUT2D eigenvalue weighted by Crippen LogP contribution is -2.52. The highest BCUT2D eigenvalue weighted by Gasteiger charge is 2.28. The van der Waals surface area contributed by atoms with Gasteiger partial charge in [-0.2, -0.15) is 0 Å². The maximum atomic E-state index is 5.97. The number of nitrogens with two attached hydrogens (primary N) is 1. The Hall–Kier alpha value is -3.55. The first-order chi connectivity index (χ1) is 21.2. The van der Waals surface area contributed by atoms with Crippen molar-refractivity contribution in [3.05, 3.63) is 120 Å².